The van der Waals surface area contributed by atoms with Crippen molar-refractivity contribution in [2.24, 2.45) is 0 Å². The van der Waals surface area contributed by atoms with E-state index in [1.165, 1.54) is 5.56 Å². The molecule has 194 valence electrons. The van der Waals surface area contributed by atoms with E-state index in [0.717, 1.165) is 43.0 Å². The fourth-order valence-corrected chi connectivity index (χ4v) is 5.22. The number of aromatic nitrogens is 3. The number of anilines is 1. The SMILES string of the molecule is CC(C)N1CCN(Cc2ccc(CNc3cccc4nnn(C5CCC(=O)CC5=O)c(=O)c34)cc2)CC1. The van der Waals surface area contributed by atoms with E-state index in [9.17, 15) is 14.4 Å². The summed E-state index contributed by atoms with van der Waals surface area (Å²) in [6.07, 6.45) is 0.403. The zero-order chi connectivity index (χ0) is 25.9. The Labute approximate surface area is 216 Å². The van der Waals surface area contributed by atoms with Crippen LogP contribution in [0.4, 0.5) is 5.69 Å². The molecule has 1 N–H and O–H groups in total. The van der Waals surface area contributed by atoms with Crippen LogP contribution in [0.1, 0.15) is 50.3 Å². The average molecular weight is 503 g/mol. The Hall–Kier alpha value is -3.43. The molecular formula is C28H34N6O3. The molecule has 0 amide bonds. The van der Waals surface area contributed by atoms with Gasteiger partial charge in [0.15, 0.2) is 5.78 Å². The summed E-state index contributed by atoms with van der Waals surface area (Å²) in [4.78, 5) is 42.4. The summed E-state index contributed by atoms with van der Waals surface area (Å²) in [6.45, 7) is 10.4. The summed E-state index contributed by atoms with van der Waals surface area (Å²) in [5.74, 6) is -0.371. The van der Waals surface area contributed by atoms with Crippen molar-refractivity contribution >= 4 is 28.2 Å². The van der Waals surface area contributed by atoms with Gasteiger partial charge in [0.05, 0.1) is 11.8 Å². The van der Waals surface area contributed by atoms with Crippen LogP contribution >= 0.6 is 0 Å². The Morgan fingerprint density at radius 3 is 2.41 bits per heavy atom. The van der Waals surface area contributed by atoms with Gasteiger partial charge in [-0.05, 0) is 43.5 Å². The minimum atomic E-state index is -0.740. The molecule has 5 rings (SSSR count). The number of carbonyl (C=O) groups excluding carboxylic acids is 2. The summed E-state index contributed by atoms with van der Waals surface area (Å²) in [6, 6.07) is 13.8. The first-order valence-electron chi connectivity index (χ1n) is 13.1. The van der Waals surface area contributed by atoms with Gasteiger partial charge >= 0.3 is 0 Å². The molecule has 2 aromatic carbocycles. The molecule has 1 aliphatic heterocycles. The highest BCUT2D eigenvalue weighted by molar-refractivity contribution is 6.03. The van der Waals surface area contributed by atoms with E-state index >= 15 is 0 Å². The Morgan fingerprint density at radius 2 is 1.70 bits per heavy atom. The van der Waals surface area contributed by atoms with Crippen LogP contribution in [0, 0.1) is 0 Å². The third kappa shape index (κ3) is 5.62. The van der Waals surface area contributed by atoms with Gasteiger partial charge in [0.1, 0.15) is 17.3 Å². The van der Waals surface area contributed by atoms with Crippen LogP contribution in [0.3, 0.4) is 0 Å². The minimum absolute atomic E-state index is 0.0925. The fraction of sp³-hybridized carbons (Fsp3) is 0.464. The van der Waals surface area contributed by atoms with Crippen molar-refractivity contribution in [3.63, 3.8) is 0 Å². The Kier molecular flexibility index (Phi) is 7.43. The summed E-state index contributed by atoms with van der Waals surface area (Å²) in [7, 11) is 0. The zero-order valence-corrected chi connectivity index (χ0v) is 21.5. The van der Waals surface area contributed by atoms with Crippen LogP contribution in [0.5, 0.6) is 0 Å². The monoisotopic (exact) mass is 502 g/mol. The molecule has 2 fully saturated rings. The molecule has 2 heterocycles. The van der Waals surface area contributed by atoms with Gasteiger partial charge in [-0.25, -0.2) is 0 Å². The molecule has 1 atom stereocenters. The molecular weight excluding hydrogens is 468 g/mol. The van der Waals surface area contributed by atoms with Crippen LogP contribution in [-0.4, -0.2) is 68.6 Å². The summed E-state index contributed by atoms with van der Waals surface area (Å²) in [5, 5.41) is 12.0. The normalized spacial score (nSPS) is 19.6. The Morgan fingerprint density at radius 1 is 0.973 bits per heavy atom. The zero-order valence-electron chi connectivity index (χ0n) is 21.5. The minimum Gasteiger partial charge on any atom is -0.380 e. The Bertz CT molecular complexity index is 1340. The van der Waals surface area contributed by atoms with Gasteiger partial charge in [0.25, 0.3) is 5.56 Å². The molecule has 9 nitrogen and oxygen atoms in total. The lowest BCUT2D eigenvalue weighted by Gasteiger charge is -2.36. The topological polar surface area (TPSA) is 100 Å². The second kappa shape index (κ2) is 10.9. The maximum absolute atomic E-state index is 13.4. The molecule has 1 aliphatic carbocycles. The van der Waals surface area contributed by atoms with E-state index in [0.29, 0.717) is 29.2 Å². The molecule has 0 radical (unpaired) electrons. The van der Waals surface area contributed by atoms with Gasteiger partial charge in [-0.3, -0.25) is 24.2 Å². The van der Waals surface area contributed by atoms with Crippen molar-refractivity contribution in [3.05, 3.63) is 63.9 Å². The van der Waals surface area contributed by atoms with Crippen LogP contribution in [0.25, 0.3) is 10.9 Å². The molecule has 1 saturated heterocycles. The number of carbonyl (C=O) groups is 2. The first-order valence-corrected chi connectivity index (χ1v) is 13.1. The summed E-state index contributed by atoms with van der Waals surface area (Å²) < 4.78 is 1.15. The average Bonchev–Trinajstić information content (AvgIpc) is 2.89. The first-order chi connectivity index (χ1) is 17.9. The van der Waals surface area contributed by atoms with E-state index in [-0.39, 0.29) is 36.4 Å². The first kappa shape index (κ1) is 25.2. The van der Waals surface area contributed by atoms with Gasteiger partial charge in [-0.15, -0.1) is 5.10 Å². The molecule has 0 bridgehead atoms. The smallest absolute Gasteiger partial charge is 0.280 e. The second-order valence-electron chi connectivity index (χ2n) is 10.4. The van der Waals surface area contributed by atoms with Crippen LogP contribution in [0.15, 0.2) is 47.3 Å². The number of nitrogens with one attached hydrogen (secondary N) is 1. The lowest BCUT2D eigenvalue weighted by Crippen LogP contribution is -2.48. The molecule has 9 heteroatoms. The second-order valence-corrected chi connectivity index (χ2v) is 10.4. The van der Waals surface area contributed by atoms with Gasteiger partial charge in [0, 0.05) is 57.4 Å². The van der Waals surface area contributed by atoms with Crippen molar-refractivity contribution in [3.8, 4) is 0 Å². The lowest BCUT2D eigenvalue weighted by atomic mass is 9.93. The maximum Gasteiger partial charge on any atom is 0.280 e. The van der Waals surface area contributed by atoms with Crippen LogP contribution in [-0.2, 0) is 22.7 Å². The highest BCUT2D eigenvalue weighted by Crippen LogP contribution is 2.24. The number of nitrogens with zero attached hydrogens (tertiary/aromatic N) is 5. The number of hydrogen-bond donors (Lipinski definition) is 1. The summed E-state index contributed by atoms with van der Waals surface area (Å²) >= 11 is 0. The predicted octanol–water partition coefficient (Wildman–Crippen LogP) is 2.79. The van der Waals surface area contributed by atoms with Gasteiger partial charge in [0.2, 0.25) is 0 Å². The van der Waals surface area contributed by atoms with Gasteiger partial charge in [-0.1, -0.05) is 35.5 Å². The predicted molar refractivity (Wildman–Crippen MR) is 142 cm³/mol. The van der Waals surface area contributed by atoms with E-state index < -0.39 is 6.04 Å². The number of Topliss-reactive ketones (excluding diaryl/α,β-unsaturated/α-hetero) is 2. The maximum atomic E-state index is 13.4. The highest BCUT2D eigenvalue weighted by Gasteiger charge is 2.30. The third-order valence-corrected chi connectivity index (χ3v) is 7.50. The number of piperazine rings is 1. The van der Waals surface area contributed by atoms with Crippen molar-refractivity contribution in [1.29, 1.82) is 0 Å². The van der Waals surface area contributed by atoms with E-state index in [2.05, 4.69) is 63.5 Å². The number of fused-ring (bicyclic) bond motifs is 1. The largest absolute Gasteiger partial charge is 0.380 e. The van der Waals surface area contributed by atoms with Crippen molar-refractivity contribution in [1.82, 2.24) is 24.8 Å². The number of ketones is 2. The third-order valence-electron chi connectivity index (χ3n) is 7.50. The number of hydrogen-bond acceptors (Lipinski definition) is 8. The van der Waals surface area contributed by atoms with Crippen molar-refractivity contribution in [2.75, 3.05) is 31.5 Å². The molecule has 1 unspecified atom stereocenters. The van der Waals surface area contributed by atoms with Crippen molar-refractivity contribution < 1.29 is 9.59 Å². The molecule has 2 aliphatic rings. The molecule has 3 aromatic rings. The van der Waals surface area contributed by atoms with E-state index in [4.69, 9.17) is 0 Å². The standard InChI is InChI=1S/C28H34N6O3/c1-19(2)33-14-12-32(13-15-33)18-21-8-6-20(7-9-21)17-29-23-4-3-5-24-27(23)28(37)34(31-30-24)25-11-10-22(35)16-26(25)36/h3-9,19,25,29H,10-18H2,1-2H3. The highest BCUT2D eigenvalue weighted by atomic mass is 16.2. The molecule has 37 heavy (non-hydrogen) atoms. The van der Waals surface area contributed by atoms with E-state index in [1.54, 1.807) is 6.07 Å². The van der Waals surface area contributed by atoms with Crippen molar-refractivity contribution in [2.45, 2.75) is 58.3 Å². The summed E-state index contributed by atoms with van der Waals surface area (Å²) in [5.41, 5.74) is 3.15. The lowest BCUT2D eigenvalue weighted by molar-refractivity contribution is -0.132. The fourth-order valence-electron chi connectivity index (χ4n) is 5.22. The quantitative estimate of drug-likeness (QED) is 0.493. The van der Waals surface area contributed by atoms with E-state index in [1.807, 2.05) is 12.1 Å². The number of benzene rings is 2. The molecule has 1 aromatic heterocycles. The number of rotatable bonds is 7. The van der Waals surface area contributed by atoms with Gasteiger partial charge in [-0.2, -0.15) is 4.68 Å². The van der Waals surface area contributed by atoms with Crippen LogP contribution < -0.4 is 10.9 Å². The molecule has 0 spiro atoms. The van der Waals surface area contributed by atoms with Gasteiger partial charge < -0.3 is 5.32 Å². The Balaban J connectivity index is 1.26. The molecule has 1 saturated carbocycles. The van der Waals surface area contributed by atoms with Crippen LogP contribution in [0.2, 0.25) is 0 Å².